The number of hydrogen-bond donors (Lipinski definition) is 1. The Labute approximate surface area is 120 Å². The predicted molar refractivity (Wildman–Crippen MR) is 77.7 cm³/mol. The number of nitrogens with zero attached hydrogens (tertiary/aromatic N) is 1. The van der Waals surface area contributed by atoms with Crippen LogP contribution in [0.5, 0.6) is 0 Å². The molecule has 1 saturated carbocycles. The number of aliphatic hydroxyl groups is 1. The van der Waals surface area contributed by atoms with Crippen LogP contribution >= 0.6 is 0 Å². The summed E-state index contributed by atoms with van der Waals surface area (Å²) in [7, 11) is 3.37. The summed E-state index contributed by atoms with van der Waals surface area (Å²) in [5.41, 5.74) is 1.72. The summed E-state index contributed by atoms with van der Waals surface area (Å²) < 4.78 is 5.30. The van der Waals surface area contributed by atoms with Crippen molar-refractivity contribution in [1.29, 1.82) is 0 Å². The molecule has 0 aliphatic heterocycles. The number of aryl methyl sites for hydroxylation is 1. The van der Waals surface area contributed by atoms with Crippen molar-refractivity contribution >= 4 is 5.91 Å². The normalized spacial score (nSPS) is 26.3. The number of ether oxygens (including phenoxy) is 1. The molecule has 0 spiro atoms. The molecule has 1 aromatic rings. The molecule has 4 nitrogen and oxygen atoms in total. The van der Waals surface area contributed by atoms with Crippen LogP contribution in [0.1, 0.15) is 35.2 Å². The van der Waals surface area contributed by atoms with Crippen LogP contribution in [0, 0.1) is 6.92 Å². The number of amides is 1. The van der Waals surface area contributed by atoms with Crippen LogP contribution in [-0.2, 0) is 4.74 Å². The highest BCUT2D eigenvalue weighted by Gasteiger charge is 2.36. The summed E-state index contributed by atoms with van der Waals surface area (Å²) in [4.78, 5) is 14.2. The Hall–Kier alpha value is -1.39. The molecule has 110 valence electrons. The maximum Gasteiger partial charge on any atom is 0.253 e. The van der Waals surface area contributed by atoms with Crippen LogP contribution in [0.4, 0.5) is 0 Å². The molecular formula is C16H23NO3. The fourth-order valence-corrected chi connectivity index (χ4v) is 2.93. The number of likely N-dealkylation sites (N-methyl/N-ethyl adjacent to an activating group) is 1. The lowest BCUT2D eigenvalue weighted by Crippen LogP contribution is -2.52. The number of aliphatic hydroxyl groups excluding tert-OH is 1. The van der Waals surface area contributed by atoms with Crippen molar-refractivity contribution < 1.29 is 14.6 Å². The third-order valence-electron chi connectivity index (χ3n) is 4.15. The molecule has 0 saturated heterocycles. The minimum absolute atomic E-state index is 0.0468. The fourth-order valence-electron chi connectivity index (χ4n) is 2.93. The van der Waals surface area contributed by atoms with Gasteiger partial charge in [-0.05, 0) is 38.3 Å². The molecule has 1 amide bonds. The summed E-state index contributed by atoms with van der Waals surface area (Å²) in [5.74, 6) is -0.0468. The van der Waals surface area contributed by atoms with Gasteiger partial charge in [-0.15, -0.1) is 0 Å². The van der Waals surface area contributed by atoms with E-state index in [-0.39, 0.29) is 18.1 Å². The van der Waals surface area contributed by atoms with E-state index in [1.807, 2.05) is 31.2 Å². The van der Waals surface area contributed by atoms with Gasteiger partial charge in [0.05, 0.1) is 12.1 Å². The summed E-state index contributed by atoms with van der Waals surface area (Å²) >= 11 is 0. The molecule has 0 bridgehead atoms. The smallest absolute Gasteiger partial charge is 0.253 e. The Bertz CT molecular complexity index is 475. The molecule has 4 heteroatoms. The third-order valence-corrected chi connectivity index (χ3v) is 4.15. The number of methoxy groups -OCH3 is 1. The van der Waals surface area contributed by atoms with Crippen LogP contribution in [0.25, 0.3) is 0 Å². The molecule has 1 N–H and O–H groups in total. The van der Waals surface area contributed by atoms with Gasteiger partial charge in [-0.1, -0.05) is 17.7 Å². The molecule has 0 aromatic heterocycles. The van der Waals surface area contributed by atoms with Gasteiger partial charge >= 0.3 is 0 Å². The average Bonchev–Trinajstić information content (AvgIpc) is 2.46. The monoisotopic (exact) mass is 277 g/mol. The number of hydrogen-bond acceptors (Lipinski definition) is 3. The second kappa shape index (κ2) is 6.37. The highest BCUT2D eigenvalue weighted by atomic mass is 16.5. The maximum absolute atomic E-state index is 12.5. The van der Waals surface area contributed by atoms with Gasteiger partial charge in [0, 0.05) is 19.7 Å². The van der Waals surface area contributed by atoms with E-state index in [1.54, 1.807) is 19.1 Å². The lowest BCUT2D eigenvalue weighted by atomic mass is 9.88. The number of benzene rings is 1. The average molecular weight is 277 g/mol. The lowest BCUT2D eigenvalue weighted by molar-refractivity contribution is -0.0714. The van der Waals surface area contributed by atoms with E-state index in [0.717, 1.165) is 24.8 Å². The Morgan fingerprint density at radius 3 is 2.80 bits per heavy atom. The van der Waals surface area contributed by atoms with E-state index in [0.29, 0.717) is 5.56 Å². The zero-order valence-electron chi connectivity index (χ0n) is 12.4. The Morgan fingerprint density at radius 2 is 2.15 bits per heavy atom. The Kier molecular flexibility index (Phi) is 4.78. The van der Waals surface area contributed by atoms with Gasteiger partial charge < -0.3 is 14.7 Å². The first-order valence-electron chi connectivity index (χ1n) is 7.09. The van der Waals surface area contributed by atoms with Crippen molar-refractivity contribution in [3.05, 3.63) is 35.4 Å². The van der Waals surface area contributed by atoms with E-state index in [9.17, 15) is 9.90 Å². The van der Waals surface area contributed by atoms with Crippen LogP contribution in [0.3, 0.4) is 0 Å². The first-order valence-corrected chi connectivity index (χ1v) is 7.09. The van der Waals surface area contributed by atoms with Crippen molar-refractivity contribution in [3.8, 4) is 0 Å². The second-order valence-corrected chi connectivity index (χ2v) is 5.55. The van der Waals surface area contributed by atoms with Gasteiger partial charge in [0.2, 0.25) is 0 Å². The van der Waals surface area contributed by atoms with E-state index >= 15 is 0 Å². The predicted octanol–water partition coefficient (Wildman–Crippen LogP) is 2.00. The minimum atomic E-state index is -0.618. The topological polar surface area (TPSA) is 49.8 Å². The summed E-state index contributed by atoms with van der Waals surface area (Å²) in [6, 6.07) is 7.36. The molecule has 1 aliphatic rings. The minimum Gasteiger partial charge on any atom is -0.388 e. The standard InChI is InChI=1S/C16H23NO3/c1-11-6-4-7-12(10-11)16(19)17(2)13-8-5-9-14(20-3)15(13)18/h4,6-7,10,13-15,18H,5,8-9H2,1-3H3/t13-,14-,15-/m1/s1. The first kappa shape index (κ1) is 15.0. The van der Waals surface area contributed by atoms with Crippen molar-refractivity contribution in [2.45, 2.75) is 44.4 Å². The third kappa shape index (κ3) is 3.02. The second-order valence-electron chi connectivity index (χ2n) is 5.55. The molecule has 1 aliphatic carbocycles. The van der Waals surface area contributed by atoms with Crippen molar-refractivity contribution in [2.24, 2.45) is 0 Å². The van der Waals surface area contributed by atoms with Crippen LogP contribution in [0.2, 0.25) is 0 Å². The molecule has 3 atom stereocenters. The van der Waals surface area contributed by atoms with Crippen LogP contribution in [-0.4, -0.2) is 48.3 Å². The van der Waals surface area contributed by atoms with Crippen molar-refractivity contribution in [3.63, 3.8) is 0 Å². The van der Waals surface area contributed by atoms with Gasteiger partial charge in [0.1, 0.15) is 6.10 Å². The summed E-state index contributed by atoms with van der Waals surface area (Å²) in [6.07, 6.45) is 1.83. The van der Waals surface area contributed by atoms with Crippen molar-refractivity contribution in [1.82, 2.24) is 4.90 Å². The molecule has 2 rings (SSSR count). The van der Waals surface area contributed by atoms with Crippen LogP contribution < -0.4 is 0 Å². The van der Waals surface area contributed by atoms with Crippen molar-refractivity contribution in [2.75, 3.05) is 14.2 Å². The molecule has 0 unspecified atom stereocenters. The highest BCUT2D eigenvalue weighted by molar-refractivity contribution is 5.94. The zero-order valence-corrected chi connectivity index (χ0v) is 12.4. The van der Waals surface area contributed by atoms with E-state index in [2.05, 4.69) is 0 Å². The van der Waals surface area contributed by atoms with Gasteiger partial charge in [-0.25, -0.2) is 0 Å². The molecule has 20 heavy (non-hydrogen) atoms. The largest absolute Gasteiger partial charge is 0.388 e. The maximum atomic E-state index is 12.5. The quantitative estimate of drug-likeness (QED) is 0.919. The molecular weight excluding hydrogens is 254 g/mol. The zero-order chi connectivity index (χ0) is 14.7. The van der Waals surface area contributed by atoms with Gasteiger partial charge in [0.25, 0.3) is 5.91 Å². The molecule has 0 heterocycles. The first-order chi connectivity index (χ1) is 9.54. The lowest BCUT2D eigenvalue weighted by Gasteiger charge is -2.39. The van der Waals surface area contributed by atoms with Gasteiger partial charge in [-0.2, -0.15) is 0 Å². The fraction of sp³-hybridized carbons (Fsp3) is 0.562. The Morgan fingerprint density at radius 1 is 1.40 bits per heavy atom. The highest BCUT2D eigenvalue weighted by Crippen LogP contribution is 2.25. The molecule has 1 fully saturated rings. The van der Waals surface area contributed by atoms with Gasteiger partial charge in [0.15, 0.2) is 0 Å². The van der Waals surface area contributed by atoms with E-state index < -0.39 is 6.10 Å². The number of rotatable bonds is 3. The summed E-state index contributed by atoms with van der Waals surface area (Å²) in [6.45, 7) is 1.97. The molecule has 1 aromatic carbocycles. The SMILES string of the molecule is CO[C@@H]1CCC[C@@H](N(C)C(=O)c2cccc(C)c2)[C@H]1O. The summed E-state index contributed by atoms with van der Waals surface area (Å²) in [5, 5.41) is 10.3. The Balaban J connectivity index is 2.13. The van der Waals surface area contributed by atoms with E-state index in [1.165, 1.54) is 0 Å². The number of carbonyl (C=O) groups excluding carboxylic acids is 1. The number of carbonyl (C=O) groups is 1. The van der Waals surface area contributed by atoms with Crippen LogP contribution in [0.15, 0.2) is 24.3 Å². The van der Waals surface area contributed by atoms with Gasteiger partial charge in [-0.3, -0.25) is 4.79 Å². The molecule has 0 radical (unpaired) electrons. The van der Waals surface area contributed by atoms with E-state index in [4.69, 9.17) is 4.74 Å².